The van der Waals surface area contributed by atoms with E-state index < -0.39 is 12.1 Å². The molecule has 17 heavy (non-hydrogen) atoms. The normalized spacial score (nSPS) is 26.2. The van der Waals surface area contributed by atoms with Gasteiger partial charge in [0, 0.05) is 19.0 Å². The van der Waals surface area contributed by atoms with Crippen LogP contribution in [0.15, 0.2) is 0 Å². The number of nitrogens with two attached hydrogens (primary N) is 1. The van der Waals surface area contributed by atoms with Crippen LogP contribution in [0.1, 0.15) is 32.1 Å². The fourth-order valence-electron chi connectivity index (χ4n) is 2.07. The first kappa shape index (κ1) is 13.9. The first-order valence-corrected chi connectivity index (χ1v) is 5.96. The number of hydrogen-bond donors (Lipinski definition) is 4. The number of nitrogens with one attached hydrogen (secondary N) is 1. The van der Waals surface area contributed by atoms with Gasteiger partial charge in [0.1, 0.15) is 0 Å². The Morgan fingerprint density at radius 1 is 1.35 bits per heavy atom. The van der Waals surface area contributed by atoms with Crippen molar-refractivity contribution in [3.8, 4) is 0 Å². The summed E-state index contributed by atoms with van der Waals surface area (Å²) in [5.41, 5.74) is 5.86. The second-order valence-electron chi connectivity index (χ2n) is 4.49. The quantitative estimate of drug-likeness (QED) is 0.518. The van der Waals surface area contributed by atoms with Crippen LogP contribution < -0.4 is 11.1 Å². The van der Waals surface area contributed by atoms with Crippen LogP contribution in [0.2, 0.25) is 0 Å². The molecule has 1 saturated carbocycles. The Labute approximate surface area is 100 Å². The van der Waals surface area contributed by atoms with Crippen LogP contribution in [0.25, 0.3) is 0 Å². The van der Waals surface area contributed by atoms with Gasteiger partial charge in [-0.1, -0.05) is 12.8 Å². The summed E-state index contributed by atoms with van der Waals surface area (Å²) in [6.07, 6.45) is 2.30. The van der Waals surface area contributed by atoms with E-state index in [9.17, 15) is 9.59 Å². The van der Waals surface area contributed by atoms with E-state index in [2.05, 4.69) is 5.32 Å². The molecule has 0 radical (unpaired) electrons. The molecule has 0 aliphatic heterocycles. The van der Waals surface area contributed by atoms with Crippen molar-refractivity contribution in [1.29, 1.82) is 0 Å². The molecule has 0 aromatic heterocycles. The van der Waals surface area contributed by atoms with Crippen LogP contribution in [0.5, 0.6) is 0 Å². The van der Waals surface area contributed by atoms with Crippen molar-refractivity contribution in [2.24, 2.45) is 11.7 Å². The first-order valence-electron chi connectivity index (χ1n) is 5.96. The van der Waals surface area contributed by atoms with Gasteiger partial charge in [0.25, 0.3) is 0 Å². The van der Waals surface area contributed by atoms with Crippen LogP contribution in [0, 0.1) is 5.92 Å². The molecular weight excluding hydrogens is 224 g/mol. The highest BCUT2D eigenvalue weighted by Crippen LogP contribution is 2.22. The van der Waals surface area contributed by atoms with Gasteiger partial charge in [-0.2, -0.15) is 0 Å². The summed E-state index contributed by atoms with van der Waals surface area (Å²) in [4.78, 5) is 22.1. The van der Waals surface area contributed by atoms with Crippen molar-refractivity contribution in [1.82, 2.24) is 5.32 Å². The van der Waals surface area contributed by atoms with Crippen molar-refractivity contribution in [2.45, 2.75) is 44.2 Å². The number of amides is 1. The molecule has 0 saturated heterocycles. The Bertz CT molecular complexity index is 283. The van der Waals surface area contributed by atoms with Crippen LogP contribution in [0.4, 0.5) is 0 Å². The van der Waals surface area contributed by atoms with Crippen molar-refractivity contribution in [2.75, 3.05) is 6.54 Å². The molecule has 6 nitrogen and oxygen atoms in total. The number of carbonyl (C=O) groups excluding carboxylic acids is 1. The molecule has 1 aliphatic rings. The Balaban J connectivity index is 2.26. The summed E-state index contributed by atoms with van der Waals surface area (Å²) in [7, 11) is 0. The van der Waals surface area contributed by atoms with Crippen molar-refractivity contribution in [3.63, 3.8) is 0 Å². The van der Waals surface area contributed by atoms with Gasteiger partial charge in [-0.3, -0.25) is 4.79 Å². The number of aliphatic hydroxyl groups excluding tert-OH is 1. The van der Waals surface area contributed by atoms with Gasteiger partial charge in [0.05, 0.1) is 5.92 Å². The third-order valence-electron chi connectivity index (χ3n) is 3.16. The summed E-state index contributed by atoms with van der Waals surface area (Å²) >= 11 is 0. The number of carbonyl (C=O) groups is 2. The molecular formula is C11H20N2O4. The number of hydrogen-bond acceptors (Lipinski definition) is 4. The summed E-state index contributed by atoms with van der Waals surface area (Å²) in [5, 5.41) is 20.1. The molecule has 1 rings (SSSR count). The molecule has 0 aromatic rings. The fourth-order valence-corrected chi connectivity index (χ4v) is 2.07. The minimum atomic E-state index is -1.42. The van der Waals surface area contributed by atoms with Crippen molar-refractivity contribution >= 4 is 11.9 Å². The molecule has 1 amide bonds. The molecule has 0 bridgehead atoms. The molecule has 3 atom stereocenters. The Kier molecular flexibility index (Phi) is 5.37. The smallest absolute Gasteiger partial charge is 0.332 e. The maximum Gasteiger partial charge on any atom is 0.332 e. The number of rotatable bonds is 5. The largest absolute Gasteiger partial charge is 0.479 e. The number of carboxylic acids is 1. The van der Waals surface area contributed by atoms with E-state index in [1.54, 1.807) is 0 Å². The average Bonchev–Trinajstić information content (AvgIpc) is 2.29. The van der Waals surface area contributed by atoms with Gasteiger partial charge >= 0.3 is 5.97 Å². The maximum absolute atomic E-state index is 11.7. The van der Waals surface area contributed by atoms with Crippen LogP contribution in [-0.2, 0) is 9.59 Å². The highest BCUT2D eigenvalue weighted by Gasteiger charge is 2.28. The predicted molar refractivity (Wildman–Crippen MR) is 61.2 cm³/mol. The Hall–Kier alpha value is -1.14. The lowest BCUT2D eigenvalue weighted by molar-refractivity contribution is -0.147. The zero-order valence-corrected chi connectivity index (χ0v) is 9.76. The van der Waals surface area contributed by atoms with E-state index in [1.807, 2.05) is 0 Å². The lowest BCUT2D eigenvalue weighted by Gasteiger charge is -2.27. The third-order valence-corrected chi connectivity index (χ3v) is 3.16. The van der Waals surface area contributed by atoms with Gasteiger partial charge in [-0.05, 0) is 12.8 Å². The summed E-state index contributed by atoms with van der Waals surface area (Å²) in [6.45, 7) is 0.162. The molecule has 1 aliphatic carbocycles. The van der Waals surface area contributed by atoms with E-state index in [0.29, 0.717) is 0 Å². The van der Waals surface area contributed by atoms with Gasteiger partial charge < -0.3 is 21.3 Å². The molecule has 98 valence electrons. The molecule has 6 heteroatoms. The first-order chi connectivity index (χ1) is 8.02. The zero-order chi connectivity index (χ0) is 12.8. The van der Waals surface area contributed by atoms with E-state index >= 15 is 0 Å². The molecule has 0 heterocycles. The van der Waals surface area contributed by atoms with Gasteiger partial charge in [-0.15, -0.1) is 0 Å². The number of aliphatic carboxylic acids is 1. The van der Waals surface area contributed by atoms with Crippen LogP contribution >= 0.6 is 0 Å². The van der Waals surface area contributed by atoms with Gasteiger partial charge in [0.2, 0.25) is 5.91 Å². The van der Waals surface area contributed by atoms with Crippen molar-refractivity contribution < 1.29 is 19.8 Å². The van der Waals surface area contributed by atoms with Crippen LogP contribution in [-0.4, -0.2) is 40.8 Å². The lowest BCUT2D eigenvalue weighted by atomic mass is 9.84. The summed E-state index contributed by atoms with van der Waals surface area (Å²) in [6, 6.07) is -0.104. The molecule has 1 fully saturated rings. The standard InChI is InChI=1S/C11H20N2O4/c12-8-4-2-1-3-7(8)10(15)13-6-5-9(14)11(16)17/h7-9,14H,1-6,12H2,(H,13,15)(H,16,17). The predicted octanol–water partition coefficient (Wildman–Crippen LogP) is -0.544. The monoisotopic (exact) mass is 244 g/mol. The lowest BCUT2D eigenvalue weighted by Crippen LogP contribution is -2.44. The zero-order valence-electron chi connectivity index (χ0n) is 9.76. The molecule has 5 N–H and O–H groups in total. The van der Waals surface area contributed by atoms with Crippen LogP contribution in [0.3, 0.4) is 0 Å². The third kappa shape index (κ3) is 4.32. The van der Waals surface area contributed by atoms with E-state index in [-0.39, 0.29) is 30.8 Å². The van der Waals surface area contributed by atoms with Crippen molar-refractivity contribution in [3.05, 3.63) is 0 Å². The number of aliphatic hydroxyl groups is 1. The Morgan fingerprint density at radius 3 is 2.59 bits per heavy atom. The Morgan fingerprint density at radius 2 is 2.00 bits per heavy atom. The minimum Gasteiger partial charge on any atom is -0.479 e. The van der Waals surface area contributed by atoms with E-state index in [1.165, 1.54) is 0 Å². The number of carboxylic acid groups (broad SMARTS) is 1. The molecule has 0 spiro atoms. The summed E-state index contributed by atoms with van der Waals surface area (Å²) < 4.78 is 0. The van der Waals surface area contributed by atoms with Gasteiger partial charge in [0.15, 0.2) is 6.10 Å². The average molecular weight is 244 g/mol. The second kappa shape index (κ2) is 6.56. The van der Waals surface area contributed by atoms with Gasteiger partial charge in [-0.25, -0.2) is 4.79 Å². The molecule has 3 unspecified atom stereocenters. The van der Waals surface area contributed by atoms with E-state index in [4.69, 9.17) is 15.9 Å². The second-order valence-corrected chi connectivity index (χ2v) is 4.49. The minimum absolute atomic E-state index is 0.0169. The highest BCUT2D eigenvalue weighted by atomic mass is 16.4. The maximum atomic E-state index is 11.7. The highest BCUT2D eigenvalue weighted by molar-refractivity contribution is 5.79. The SMILES string of the molecule is NC1CCCCC1C(=O)NCCC(O)C(=O)O. The summed E-state index contributed by atoms with van der Waals surface area (Å²) in [5.74, 6) is -1.57. The fraction of sp³-hybridized carbons (Fsp3) is 0.818. The molecule has 0 aromatic carbocycles. The topological polar surface area (TPSA) is 113 Å². The van der Waals surface area contributed by atoms with E-state index in [0.717, 1.165) is 25.7 Å².